The van der Waals surface area contributed by atoms with Crippen molar-refractivity contribution >= 4 is 57.6 Å². The van der Waals surface area contributed by atoms with Gasteiger partial charge in [-0.2, -0.15) is 0 Å². The van der Waals surface area contributed by atoms with Crippen molar-refractivity contribution in [3.05, 3.63) is 86.8 Å². The summed E-state index contributed by atoms with van der Waals surface area (Å²) >= 11 is 12.7. The van der Waals surface area contributed by atoms with E-state index in [4.69, 9.17) is 23.2 Å². The number of nitrogens with zero attached hydrogens (tertiary/aromatic N) is 3. The van der Waals surface area contributed by atoms with E-state index in [0.29, 0.717) is 16.6 Å². The number of hydrogen-bond donors (Lipinski definition) is 1. The fraction of sp³-hybridized carbons (Fsp3) is 0.0476. The third-order valence-corrected chi connectivity index (χ3v) is 5.73. The quantitative estimate of drug-likeness (QED) is 0.310. The molecule has 0 saturated heterocycles. The summed E-state index contributed by atoms with van der Waals surface area (Å²) in [6.45, 7) is 0. The van der Waals surface area contributed by atoms with Gasteiger partial charge in [-0.3, -0.25) is 14.2 Å². The number of halogens is 4. The molecule has 11 heteroatoms. The number of para-hydroxylation sites is 1. The number of benzene rings is 2. The standard InChI is InChI=1S/C21H12Cl2F2N4O2S/c22-11-7-14(23)19(26-9-11)28-18(30)10-32-21-27-16-4-2-1-3-13(16)20(31)29(21)17-6-5-12(24)8-15(17)25/h1-9H,10H2,(H,26,28,30). The van der Waals surface area contributed by atoms with E-state index in [1.807, 2.05) is 0 Å². The maximum atomic E-state index is 14.5. The monoisotopic (exact) mass is 492 g/mol. The van der Waals surface area contributed by atoms with Gasteiger partial charge < -0.3 is 5.32 Å². The first kappa shape index (κ1) is 22.2. The third-order valence-electron chi connectivity index (χ3n) is 4.29. The molecule has 0 fully saturated rings. The largest absolute Gasteiger partial charge is 0.309 e. The van der Waals surface area contributed by atoms with Crippen molar-refractivity contribution in [3.63, 3.8) is 0 Å². The SMILES string of the molecule is O=C(CSc1nc2ccccc2c(=O)n1-c1ccc(F)cc1F)Nc1ncc(Cl)cc1Cl. The van der Waals surface area contributed by atoms with Crippen LogP contribution in [0.1, 0.15) is 0 Å². The van der Waals surface area contributed by atoms with Gasteiger partial charge in [-0.1, -0.05) is 47.1 Å². The summed E-state index contributed by atoms with van der Waals surface area (Å²) in [5, 5.41) is 3.32. The molecule has 2 heterocycles. The van der Waals surface area contributed by atoms with Crippen LogP contribution in [0.15, 0.2) is 64.7 Å². The third kappa shape index (κ3) is 4.59. The Labute approximate surface area is 194 Å². The Morgan fingerprint density at radius 2 is 1.91 bits per heavy atom. The van der Waals surface area contributed by atoms with Gasteiger partial charge >= 0.3 is 0 Å². The van der Waals surface area contributed by atoms with Gasteiger partial charge in [0.25, 0.3) is 5.56 Å². The maximum absolute atomic E-state index is 14.5. The zero-order valence-corrected chi connectivity index (χ0v) is 18.3. The van der Waals surface area contributed by atoms with E-state index >= 15 is 0 Å². The molecule has 4 rings (SSSR count). The van der Waals surface area contributed by atoms with Crippen LogP contribution in [-0.4, -0.2) is 26.2 Å². The van der Waals surface area contributed by atoms with Crippen LogP contribution in [-0.2, 0) is 4.79 Å². The Morgan fingerprint density at radius 1 is 1.12 bits per heavy atom. The Morgan fingerprint density at radius 3 is 2.66 bits per heavy atom. The van der Waals surface area contributed by atoms with Gasteiger partial charge in [0.05, 0.1) is 32.4 Å². The molecule has 1 N–H and O–H groups in total. The number of fused-ring (bicyclic) bond motifs is 1. The lowest BCUT2D eigenvalue weighted by molar-refractivity contribution is -0.113. The number of rotatable bonds is 5. The lowest BCUT2D eigenvalue weighted by Crippen LogP contribution is -2.24. The smallest absolute Gasteiger partial charge is 0.266 e. The van der Waals surface area contributed by atoms with E-state index in [-0.39, 0.29) is 32.8 Å². The van der Waals surface area contributed by atoms with Gasteiger partial charge in [0.2, 0.25) is 5.91 Å². The highest BCUT2D eigenvalue weighted by Gasteiger charge is 2.18. The molecule has 2 aromatic heterocycles. The number of amides is 1. The Kier molecular flexibility index (Phi) is 6.40. The summed E-state index contributed by atoms with van der Waals surface area (Å²) in [4.78, 5) is 33.9. The molecule has 0 atom stereocenters. The average molecular weight is 493 g/mol. The summed E-state index contributed by atoms with van der Waals surface area (Å²) in [5.41, 5.74) is -0.354. The van der Waals surface area contributed by atoms with Crippen LogP contribution in [0.25, 0.3) is 16.6 Å². The predicted molar refractivity (Wildman–Crippen MR) is 121 cm³/mol. The van der Waals surface area contributed by atoms with Crippen LogP contribution in [0, 0.1) is 11.6 Å². The molecular weight excluding hydrogens is 481 g/mol. The van der Waals surface area contributed by atoms with Crippen molar-refractivity contribution in [2.24, 2.45) is 0 Å². The van der Waals surface area contributed by atoms with E-state index in [1.165, 1.54) is 12.3 Å². The lowest BCUT2D eigenvalue weighted by atomic mass is 10.2. The van der Waals surface area contributed by atoms with Crippen LogP contribution in [0.2, 0.25) is 10.0 Å². The summed E-state index contributed by atoms with van der Waals surface area (Å²) in [6.07, 6.45) is 1.33. The number of carbonyl (C=O) groups is 1. The number of hydrogen-bond acceptors (Lipinski definition) is 5. The molecule has 32 heavy (non-hydrogen) atoms. The fourth-order valence-electron chi connectivity index (χ4n) is 2.89. The topological polar surface area (TPSA) is 76.9 Å². The van der Waals surface area contributed by atoms with E-state index in [9.17, 15) is 18.4 Å². The highest BCUT2D eigenvalue weighted by atomic mass is 35.5. The Balaban J connectivity index is 1.69. The van der Waals surface area contributed by atoms with Gasteiger partial charge in [0, 0.05) is 12.3 Å². The van der Waals surface area contributed by atoms with Crippen molar-refractivity contribution in [1.29, 1.82) is 0 Å². The van der Waals surface area contributed by atoms with E-state index in [1.54, 1.807) is 24.3 Å². The Bertz CT molecular complexity index is 1410. The maximum Gasteiger partial charge on any atom is 0.266 e. The molecule has 0 spiro atoms. The van der Waals surface area contributed by atoms with Crippen molar-refractivity contribution in [3.8, 4) is 5.69 Å². The average Bonchev–Trinajstić information content (AvgIpc) is 2.75. The molecular formula is C21H12Cl2F2N4O2S. The minimum absolute atomic E-state index is 0.0597. The zero-order valence-electron chi connectivity index (χ0n) is 16.0. The molecule has 0 saturated carbocycles. The summed E-state index contributed by atoms with van der Waals surface area (Å²) < 4.78 is 28.9. The van der Waals surface area contributed by atoms with Crippen LogP contribution < -0.4 is 10.9 Å². The van der Waals surface area contributed by atoms with Crippen molar-refractivity contribution in [2.45, 2.75) is 5.16 Å². The number of aromatic nitrogens is 3. The highest BCUT2D eigenvalue weighted by molar-refractivity contribution is 7.99. The van der Waals surface area contributed by atoms with Gasteiger partial charge in [0.1, 0.15) is 11.6 Å². The molecule has 0 aliphatic rings. The van der Waals surface area contributed by atoms with E-state index in [0.717, 1.165) is 28.5 Å². The predicted octanol–water partition coefficient (Wildman–Crippen LogP) is 5.10. The number of nitrogens with one attached hydrogen (secondary N) is 1. The Hall–Kier alpha value is -3.01. The molecule has 2 aromatic carbocycles. The van der Waals surface area contributed by atoms with Crippen molar-refractivity contribution in [1.82, 2.24) is 14.5 Å². The number of anilines is 1. The lowest BCUT2D eigenvalue weighted by Gasteiger charge is -2.14. The highest BCUT2D eigenvalue weighted by Crippen LogP contribution is 2.25. The second kappa shape index (κ2) is 9.23. The molecule has 4 aromatic rings. The molecule has 0 bridgehead atoms. The summed E-state index contributed by atoms with van der Waals surface area (Å²) in [6, 6.07) is 10.8. The van der Waals surface area contributed by atoms with Crippen LogP contribution >= 0.6 is 35.0 Å². The molecule has 6 nitrogen and oxygen atoms in total. The molecule has 0 radical (unpaired) electrons. The number of thioether (sulfide) groups is 1. The first-order chi connectivity index (χ1) is 15.3. The van der Waals surface area contributed by atoms with Crippen LogP contribution in [0.4, 0.5) is 14.6 Å². The van der Waals surface area contributed by atoms with E-state index in [2.05, 4.69) is 15.3 Å². The molecule has 1 amide bonds. The van der Waals surface area contributed by atoms with Crippen LogP contribution in [0.5, 0.6) is 0 Å². The first-order valence-electron chi connectivity index (χ1n) is 9.04. The van der Waals surface area contributed by atoms with Crippen molar-refractivity contribution in [2.75, 3.05) is 11.1 Å². The minimum Gasteiger partial charge on any atom is -0.309 e. The zero-order chi connectivity index (χ0) is 22.8. The number of carbonyl (C=O) groups excluding carboxylic acids is 1. The normalized spacial score (nSPS) is 11.0. The van der Waals surface area contributed by atoms with Gasteiger partial charge in [-0.15, -0.1) is 0 Å². The second-order valence-electron chi connectivity index (χ2n) is 6.47. The van der Waals surface area contributed by atoms with Crippen LogP contribution in [0.3, 0.4) is 0 Å². The molecule has 0 unspecified atom stereocenters. The number of pyridine rings is 1. The minimum atomic E-state index is -0.937. The van der Waals surface area contributed by atoms with Gasteiger partial charge in [0.15, 0.2) is 11.0 Å². The van der Waals surface area contributed by atoms with E-state index < -0.39 is 23.1 Å². The van der Waals surface area contributed by atoms with Gasteiger partial charge in [-0.05, 0) is 30.3 Å². The molecule has 162 valence electrons. The second-order valence-corrected chi connectivity index (χ2v) is 8.25. The molecule has 0 aliphatic heterocycles. The summed E-state index contributed by atoms with van der Waals surface area (Å²) in [5.74, 6) is -2.27. The van der Waals surface area contributed by atoms with Gasteiger partial charge in [-0.25, -0.2) is 18.7 Å². The van der Waals surface area contributed by atoms with Crippen molar-refractivity contribution < 1.29 is 13.6 Å². The molecule has 0 aliphatic carbocycles. The summed E-state index contributed by atoms with van der Waals surface area (Å²) in [7, 11) is 0. The first-order valence-corrected chi connectivity index (χ1v) is 10.8. The fourth-order valence-corrected chi connectivity index (χ4v) is 4.12.